The van der Waals surface area contributed by atoms with Gasteiger partial charge in [0.05, 0.1) is 12.8 Å². The van der Waals surface area contributed by atoms with Crippen LogP contribution in [0.1, 0.15) is 19.3 Å². The van der Waals surface area contributed by atoms with Gasteiger partial charge in [0.15, 0.2) is 0 Å². The van der Waals surface area contributed by atoms with E-state index in [1.807, 2.05) is 0 Å². The molecule has 0 saturated carbocycles. The number of halogens is 1. The van der Waals surface area contributed by atoms with E-state index in [-0.39, 0.29) is 6.29 Å². The van der Waals surface area contributed by atoms with Crippen LogP contribution in [-0.4, -0.2) is 23.1 Å². The SMILES string of the molecule is Clc1ccnnc1OC1CCCCO1. The number of hydrogen-bond donors (Lipinski definition) is 0. The van der Waals surface area contributed by atoms with Gasteiger partial charge in [0.1, 0.15) is 5.02 Å². The summed E-state index contributed by atoms with van der Waals surface area (Å²) >= 11 is 5.86. The molecule has 1 aromatic heterocycles. The van der Waals surface area contributed by atoms with Crippen LogP contribution in [0.4, 0.5) is 0 Å². The van der Waals surface area contributed by atoms with Crippen LogP contribution >= 0.6 is 11.6 Å². The molecule has 4 nitrogen and oxygen atoms in total. The lowest BCUT2D eigenvalue weighted by Gasteiger charge is -2.22. The van der Waals surface area contributed by atoms with Crippen molar-refractivity contribution in [3.8, 4) is 5.88 Å². The van der Waals surface area contributed by atoms with Gasteiger partial charge in [0.25, 0.3) is 5.88 Å². The van der Waals surface area contributed by atoms with Gasteiger partial charge in [-0.2, -0.15) is 5.10 Å². The fourth-order valence-electron chi connectivity index (χ4n) is 1.31. The largest absolute Gasteiger partial charge is 0.446 e. The molecule has 0 spiro atoms. The summed E-state index contributed by atoms with van der Waals surface area (Å²) in [5, 5.41) is 7.95. The number of aromatic nitrogens is 2. The zero-order valence-electron chi connectivity index (χ0n) is 7.65. The Hall–Kier alpha value is -0.870. The maximum absolute atomic E-state index is 5.86. The first-order valence-electron chi connectivity index (χ1n) is 4.62. The highest BCUT2D eigenvalue weighted by atomic mass is 35.5. The van der Waals surface area contributed by atoms with E-state index >= 15 is 0 Å². The molecule has 1 atom stereocenters. The molecule has 0 amide bonds. The molecular formula is C9H11ClN2O2. The Morgan fingerprint density at radius 3 is 3.14 bits per heavy atom. The van der Waals surface area contributed by atoms with E-state index in [9.17, 15) is 0 Å². The van der Waals surface area contributed by atoms with Crippen molar-refractivity contribution in [2.24, 2.45) is 0 Å². The van der Waals surface area contributed by atoms with Crippen molar-refractivity contribution < 1.29 is 9.47 Å². The number of hydrogen-bond acceptors (Lipinski definition) is 4. The lowest BCUT2D eigenvalue weighted by molar-refractivity contribution is -0.108. The average molecular weight is 215 g/mol. The van der Waals surface area contributed by atoms with Gasteiger partial charge in [-0.05, 0) is 18.9 Å². The van der Waals surface area contributed by atoms with Crippen molar-refractivity contribution in [2.45, 2.75) is 25.6 Å². The molecule has 1 fully saturated rings. The topological polar surface area (TPSA) is 44.2 Å². The Bertz CT molecular complexity index is 303. The van der Waals surface area contributed by atoms with Crippen molar-refractivity contribution in [2.75, 3.05) is 6.61 Å². The first-order valence-corrected chi connectivity index (χ1v) is 4.99. The minimum atomic E-state index is -0.224. The number of rotatable bonds is 2. The molecule has 76 valence electrons. The lowest BCUT2D eigenvalue weighted by Crippen LogP contribution is -2.25. The van der Waals surface area contributed by atoms with Crippen LogP contribution in [-0.2, 0) is 4.74 Å². The number of ether oxygens (including phenoxy) is 2. The average Bonchev–Trinajstić information content (AvgIpc) is 2.23. The monoisotopic (exact) mass is 214 g/mol. The second-order valence-electron chi connectivity index (χ2n) is 3.10. The van der Waals surface area contributed by atoms with Crippen molar-refractivity contribution >= 4 is 11.6 Å². The first-order chi connectivity index (χ1) is 6.86. The molecule has 2 heterocycles. The zero-order valence-corrected chi connectivity index (χ0v) is 8.41. The second-order valence-corrected chi connectivity index (χ2v) is 3.51. The second kappa shape index (κ2) is 4.57. The Balaban J connectivity index is 1.99. The molecule has 1 aromatic rings. The van der Waals surface area contributed by atoms with Gasteiger partial charge in [-0.1, -0.05) is 11.6 Å². The minimum absolute atomic E-state index is 0.224. The summed E-state index contributed by atoms with van der Waals surface area (Å²) in [4.78, 5) is 0. The molecule has 0 aliphatic carbocycles. The summed E-state index contributed by atoms with van der Waals surface area (Å²) in [7, 11) is 0. The normalized spacial score (nSPS) is 21.9. The molecule has 5 heteroatoms. The Kier molecular flexibility index (Phi) is 3.16. The standard InChI is InChI=1S/C9H11ClN2O2/c10-7-4-5-11-12-9(7)14-8-3-1-2-6-13-8/h4-5,8H,1-3,6H2. The molecule has 0 bridgehead atoms. The summed E-state index contributed by atoms with van der Waals surface area (Å²) in [6, 6.07) is 1.65. The lowest BCUT2D eigenvalue weighted by atomic mass is 10.2. The maximum Gasteiger partial charge on any atom is 0.254 e. The van der Waals surface area contributed by atoms with Crippen molar-refractivity contribution in [3.63, 3.8) is 0 Å². The maximum atomic E-state index is 5.86. The molecule has 1 unspecified atom stereocenters. The predicted molar refractivity (Wildman–Crippen MR) is 51.3 cm³/mol. The highest BCUT2D eigenvalue weighted by molar-refractivity contribution is 6.31. The summed E-state index contributed by atoms with van der Waals surface area (Å²) in [6.07, 6.45) is 4.39. The Morgan fingerprint density at radius 2 is 2.43 bits per heavy atom. The molecular weight excluding hydrogens is 204 g/mol. The van der Waals surface area contributed by atoms with Gasteiger partial charge >= 0.3 is 0 Å². The van der Waals surface area contributed by atoms with Gasteiger partial charge < -0.3 is 9.47 Å². The third kappa shape index (κ3) is 2.33. The minimum Gasteiger partial charge on any atom is -0.446 e. The number of nitrogens with zero attached hydrogens (tertiary/aromatic N) is 2. The molecule has 1 aliphatic heterocycles. The van der Waals surface area contributed by atoms with E-state index in [0.29, 0.717) is 10.9 Å². The van der Waals surface area contributed by atoms with Gasteiger partial charge in [0, 0.05) is 6.42 Å². The van der Waals surface area contributed by atoms with Crippen LogP contribution in [0.2, 0.25) is 5.02 Å². The summed E-state index contributed by atoms with van der Waals surface area (Å²) in [5.74, 6) is 0.348. The highest BCUT2D eigenvalue weighted by Gasteiger charge is 2.17. The van der Waals surface area contributed by atoms with E-state index in [1.54, 1.807) is 6.07 Å². The molecule has 0 aromatic carbocycles. The first kappa shape index (κ1) is 9.68. The molecule has 1 saturated heterocycles. The third-order valence-electron chi connectivity index (χ3n) is 2.02. The highest BCUT2D eigenvalue weighted by Crippen LogP contribution is 2.23. The summed E-state index contributed by atoms with van der Waals surface area (Å²) < 4.78 is 10.8. The van der Waals surface area contributed by atoms with Gasteiger partial charge in [-0.3, -0.25) is 0 Å². The zero-order chi connectivity index (χ0) is 9.80. The van der Waals surface area contributed by atoms with Crippen LogP contribution in [0.5, 0.6) is 5.88 Å². The molecule has 1 aliphatic rings. The smallest absolute Gasteiger partial charge is 0.254 e. The molecule has 0 radical (unpaired) electrons. The van der Waals surface area contributed by atoms with E-state index in [0.717, 1.165) is 25.9 Å². The molecule has 14 heavy (non-hydrogen) atoms. The Labute approximate surface area is 87.2 Å². The van der Waals surface area contributed by atoms with Crippen LogP contribution in [0.3, 0.4) is 0 Å². The van der Waals surface area contributed by atoms with Crippen LogP contribution < -0.4 is 4.74 Å². The predicted octanol–water partition coefficient (Wildman–Crippen LogP) is 2.04. The van der Waals surface area contributed by atoms with Crippen LogP contribution in [0.15, 0.2) is 12.3 Å². The van der Waals surface area contributed by atoms with Gasteiger partial charge in [-0.15, -0.1) is 5.10 Å². The fourth-order valence-corrected chi connectivity index (χ4v) is 1.45. The van der Waals surface area contributed by atoms with E-state index in [4.69, 9.17) is 21.1 Å². The summed E-state index contributed by atoms with van der Waals surface area (Å²) in [6.45, 7) is 0.739. The molecule has 2 rings (SSSR count). The van der Waals surface area contributed by atoms with Crippen molar-refractivity contribution in [3.05, 3.63) is 17.3 Å². The third-order valence-corrected chi connectivity index (χ3v) is 2.31. The fraction of sp³-hybridized carbons (Fsp3) is 0.556. The molecule has 0 N–H and O–H groups in total. The quantitative estimate of drug-likeness (QED) is 0.756. The van der Waals surface area contributed by atoms with E-state index in [2.05, 4.69) is 10.2 Å². The van der Waals surface area contributed by atoms with Crippen LogP contribution in [0, 0.1) is 0 Å². The van der Waals surface area contributed by atoms with Crippen LogP contribution in [0.25, 0.3) is 0 Å². The van der Waals surface area contributed by atoms with Crippen molar-refractivity contribution in [1.82, 2.24) is 10.2 Å². The van der Waals surface area contributed by atoms with E-state index in [1.165, 1.54) is 6.20 Å². The van der Waals surface area contributed by atoms with Gasteiger partial charge in [-0.25, -0.2) is 0 Å². The summed E-state index contributed by atoms with van der Waals surface area (Å²) in [5.41, 5.74) is 0. The van der Waals surface area contributed by atoms with Gasteiger partial charge in [0.2, 0.25) is 6.29 Å². The van der Waals surface area contributed by atoms with E-state index < -0.39 is 0 Å². The van der Waals surface area contributed by atoms with Crippen molar-refractivity contribution in [1.29, 1.82) is 0 Å². The Morgan fingerprint density at radius 1 is 1.50 bits per heavy atom.